The number of halogens is 3. The van der Waals surface area contributed by atoms with E-state index in [1.807, 2.05) is 11.8 Å². The van der Waals surface area contributed by atoms with Crippen LogP contribution in [0.2, 0.25) is 5.02 Å². The molecule has 31 heavy (non-hydrogen) atoms. The molecule has 3 aromatic rings. The van der Waals surface area contributed by atoms with E-state index in [1.165, 1.54) is 18.2 Å². The first-order valence-corrected chi connectivity index (χ1v) is 10.2. The van der Waals surface area contributed by atoms with E-state index in [-0.39, 0.29) is 11.9 Å². The molecule has 1 atom stereocenters. The third kappa shape index (κ3) is 4.57. The summed E-state index contributed by atoms with van der Waals surface area (Å²) in [4.78, 5) is 30.3. The van der Waals surface area contributed by atoms with Gasteiger partial charge in [0.15, 0.2) is 5.58 Å². The monoisotopic (exact) mass is 450 g/mol. The van der Waals surface area contributed by atoms with Crippen molar-refractivity contribution in [3.8, 4) is 0 Å². The summed E-state index contributed by atoms with van der Waals surface area (Å²) >= 11 is 5.57. The van der Waals surface area contributed by atoms with Gasteiger partial charge in [0, 0.05) is 50.0 Å². The molecule has 1 amide bonds. The van der Waals surface area contributed by atoms with Crippen molar-refractivity contribution < 1.29 is 18.0 Å². The Bertz CT molecular complexity index is 1160. The van der Waals surface area contributed by atoms with Crippen LogP contribution in [0.15, 0.2) is 39.5 Å². The fraction of sp³-hybridized carbons (Fsp3) is 0.333. The Morgan fingerprint density at radius 3 is 2.71 bits per heavy atom. The minimum absolute atomic E-state index is 0.123. The number of aromatic nitrogens is 1. The summed E-state index contributed by atoms with van der Waals surface area (Å²) < 4.78 is 32.5. The number of oxazole rings is 1. The number of benzene rings is 2. The number of carbonyl (C=O) groups excluding carboxylic acids is 1. The normalized spacial score (nSPS) is 17.3. The second kappa shape index (κ2) is 8.68. The summed E-state index contributed by atoms with van der Waals surface area (Å²) in [7, 11) is 0. The number of nitrogens with zero attached hydrogens (tertiary/aromatic N) is 2. The molecular formula is C21H21ClF2N4O3. The lowest BCUT2D eigenvalue weighted by molar-refractivity contribution is 0.0942. The summed E-state index contributed by atoms with van der Waals surface area (Å²) in [6, 6.07) is 7.38. The average molecular weight is 451 g/mol. The van der Waals surface area contributed by atoms with Crippen LogP contribution in [0.1, 0.15) is 17.3 Å². The molecule has 0 aliphatic carbocycles. The van der Waals surface area contributed by atoms with E-state index in [0.29, 0.717) is 55.1 Å². The van der Waals surface area contributed by atoms with Crippen molar-refractivity contribution in [1.29, 1.82) is 0 Å². The molecule has 0 saturated carbocycles. The lowest BCUT2D eigenvalue weighted by atomic mass is 10.1. The molecule has 2 aromatic carbocycles. The molecule has 7 nitrogen and oxygen atoms in total. The molecular weight excluding hydrogens is 430 g/mol. The van der Waals surface area contributed by atoms with Gasteiger partial charge in [-0.05, 0) is 37.3 Å². The van der Waals surface area contributed by atoms with Gasteiger partial charge in [0.2, 0.25) is 0 Å². The maximum absolute atomic E-state index is 13.8. The second-order valence-electron chi connectivity index (χ2n) is 7.54. The summed E-state index contributed by atoms with van der Waals surface area (Å²) in [5.74, 6) is -2.37. The van der Waals surface area contributed by atoms with Gasteiger partial charge in [-0.2, -0.15) is 0 Å². The number of rotatable bonds is 5. The molecule has 0 unspecified atom stereocenters. The van der Waals surface area contributed by atoms with E-state index < -0.39 is 22.4 Å². The summed E-state index contributed by atoms with van der Waals surface area (Å²) in [5.41, 5.74) is 1.73. The van der Waals surface area contributed by atoms with Gasteiger partial charge in [-0.3, -0.25) is 14.7 Å². The Morgan fingerprint density at radius 2 is 2.00 bits per heavy atom. The highest BCUT2D eigenvalue weighted by atomic mass is 35.5. The molecule has 0 bridgehead atoms. The maximum atomic E-state index is 13.8. The molecule has 164 valence electrons. The van der Waals surface area contributed by atoms with Crippen LogP contribution in [0.25, 0.3) is 11.1 Å². The number of aromatic amines is 1. The Balaban J connectivity index is 1.30. The molecule has 1 fully saturated rings. The van der Waals surface area contributed by atoms with Crippen molar-refractivity contribution in [2.24, 2.45) is 0 Å². The number of nitrogens with one attached hydrogen (secondary N) is 2. The van der Waals surface area contributed by atoms with Crippen LogP contribution >= 0.6 is 11.6 Å². The fourth-order valence-electron chi connectivity index (χ4n) is 3.79. The Kier molecular flexibility index (Phi) is 5.97. The average Bonchev–Trinajstić information content (AvgIpc) is 3.11. The number of fused-ring (bicyclic) bond motifs is 1. The van der Waals surface area contributed by atoms with Gasteiger partial charge < -0.3 is 14.6 Å². The van der Waals surface area contributed by atoms with Crippen LogP contribution in [0.3, 0.4) is 0 Å². The number of amides is 1. The molecule has 1 aliphatic heterocycles. The van der Waals surface area contributed by atoms with Gasteiger partial charge in [0.05, 0.1) is 5.52 Å². The van der Waals surface area contributed by atoms with E-state index in [2.05, 4.69) is 15.2 Å². The zero-order valence-corrected chi connectivity index (χ0v) is 17.5. The summed E-state index contributed by atoms with van der Waals surface area (Å²) in [6.45, 7) is 4.97. The van der Waals surface area contributed by atoms with Crippen molar-refractivity contribution in [3.63, 3.8) is 0 Å². The van der Waals surface area contributed by atoms with E-state index in [4.69, 9.17) is 16.0 Å². The van der Waals surface area contributed by atoms with Crippen LogP contribution in [-0.4, -0.2) is 54.6 Å². The van der Waals surface area contributed by atoms with Crippen LogP contribution in [-0.2, 0) is 0 Å². The molecule has 4 rings (SSSR count). The van der Waals surface area contributed by atoms with E-state index >= 15 is 0 Å². The third-order valence-corrected chi connectivity index (χ3v) is 5.83. The molecule has 10 heteroatoms. The van der Waals surface area contributed by atoms with Crippen molar-refractivity contribution >= 4 is 34.3 Å². The third-order valence-electron chi connectivity index (χ3n) is 5.47. The number of H-pyrrole nitrogens is 1. The molecule has 2 heterocycles. The standard InChI is InChI=1S/C21H21ClF2N4O3/c1-12-11-28(14-9-15(23)19(22)16(24)10-14)7-6-27(12)5-4-25-20(29)13-2-3-17-18(8-13)31-21(30)26-17/h2-3,8-10,12H,4-7,11H2,1H3,(H,25,29)(H,26,30)/t12-/m1/s1. The lowest BCUT2D eigenvalue weighted by Gasteiger charge is -2.41. The van der Waals surface area contributed by atoms with Crippen LogP contribution in [0.4, 0.5) is 14.5 Å². The van der Waals surface area contributed by atoms with Crippen molar-refractivity contribution in [2.45, 2.75) is 13.0 Å². The Hall–Kier alpha value is -2.91. The van der Waals surface area contributed by atoms with E-state index in [9.17, 15) is 18.4 Å². The van der Waals surface area contributed by atoms with Crippen molar-refractivity contribution in [1.82, 2.24) is 15.2 Å². The van der Waals surface area contributed by atoms with Crippen LogP contribution in [0.5, 0.6) is 0 Å². The number of hydrogen-bond donors (Lipinski definition) is 2. The highest BCUT2D eigenvalue weighted by Gasteiger charge is 2.25. The molecule has 1 aromatic heterocycles. The Labute approximate surface area is 181 Å². The highest BCUT2D eigenvalue weighted by Crippen LogP contribution is 2.27. The topological polar surface area (TPSA) is 81.6 Å². The number of piperazine rings is 1. The first kappa shape index (κ1) is 21.3. The zero-order valence-electron chi connectivity index (χ0n) is 16.8. The fourth-order valence-corrected chi connectivity index (χ4v) is 3.90. The maximum Gasteiger partial charge on any atom is 0.417 e. The van der Waals surface area contributed by atoms with Crippen molar-refractivity contribution in [3.05, 3.63) is 63.1 Å². The SMILES string of the molecule is C[C@@H]1CN(c2cc(F)c(Cl)c(F)c2)CCN1CCNC(=O)c1ccc2[nH]c(=O)oc2c1. The first-order chi connectivity index (χ1) is 14.8. The van der Waals surface area contributed by atoms with Crippen LogP contribution < -0.4 is 16.0 Å². The molecule has 1 saturated heterocycles. The second-order valence-corrected chi connectivity index (χ2v) is 7.91. The predicted octanol–water partition coefficient (Wildman–Crippen LogP) is 2.99. The molecule has 0 radical (unpaired) electrons. The van der Waals surface area contributed by atoms with E-state index in [1.54, 1.807) is 12.1 Å². The smallest absolute Gasteiger partial charge is 0.408 e. The van der Waals surface area contributed by atoms with Gasteiger partial charge in [-0.25, -0.2) is 13.6 Å². The van der Waals surface area contributed by atoms with Crippen LogP contribution in [0, 0.1) is 11.6 Å². The van der Waals surface area contributed by atoms with Gasteiger partial charge in [0.25, 0.3) is 5.91 Å². The molecule has 2 N–H and O–H groups in total. The van der Waals surface area contributed by atoms with E-state index in [0.717, 1.165) is 0 Å². The molecule has 1 aliphatic rings. The minimum atomic E-state index is -0.772. The quantitative estimate of drug-likeness (QED) is 0.584. The number of hydrogen-bond acceptors (Lipinski definition) is 5. The van der Waals surface area contributed by atoms with Gasteiger partial charge in [-0.1, -0.05) is 11.6 Å². The first-order valence-electron chi connectivity index (χ1n) is 9.86. The van der Waals surface area contributed by atoms with Gasteiger partial charge in [-0.15, -0.1) is 0 Å². The number of carbonyl (C=O) groups is 1. The molecule has 0 spiro atoms. The van der Waals surface area contributed by atoms with Crippen molar-refractivity contribution in [2.75, 3.05) is 37.6 Å². The van der Waals surface area contributed by atoms with Gasteiger partial charge >= 0.3 is 5.76 Å². The minimum Gasteiger partial charge on any atom is -0.408 e. The van der Waals surface area contributed by atoms with Gasteiger partial charge in [0.1, 0.15) is 16.7 Å². The Morgan fingerprint density at radius 1 is 1.26 bits per heavy atom. The zero-order chi connectivity index (χ0) is 22.1. The lowest BCUT2D eigenvalue weighted by Crippen LogP contribution is -2.53. The largest absolute Gasteiger partial charge is 0.417 e. The highest BCUT2D eigenvalue weighted by molar-refractivity contribution is 6.31. The summed E-state index contributed by atoms with van der Waals surface area (Å²) in [6.07, 6.45) is 0. The number of anilines is 1. The predicted molar refractivity (Wildman–Crippen MR) is 114 cm³/mol. The summed E-state index contributed by atoms with van der Waals surface area (Å²) in [5, 5.41) is 2.37.